The van der Waals surface area contributed by atoms with Gasteiger partial charge in [-0.15, -0.1) is 0 Å². The molecule has 1 aromatic heterocycles. The Morgan fingerprint density at radius 1 is 1.07 bits per heavy atom. The van der Waals surface area contributed by atoms with Gasteiger partial charge in [0.1, 0.15) is 23.3 Å². The maximum atomic E-state index is 14.4. The zero-order valence-electron chi connectivity index (χ0n) is 22.3. The molecule has 7 nitrogen and oxygen atoms in total. The van der Waals surface area contributed by atoms with Crippen LogP contribution >= 0.6 is 0 Å². The minimum Gasteiger partial charge on any atom is -0.463 e. The van der Waals surface area contributed by atoms with Crippen LogP contribution in [0.2, 0.25) is 0 Å². The molecule has 0 aliphatic rings. The van der Waals surface area contributed by atoms with E-state index in [0.717, 1.165) is 47.7 Å². The number of hydrogen-bond donors (Lipinski definition) is 2. The Morgan fingerprint density at radius 2 is 1.80 bits per heavy atom. The lowest BCUT2D eigenvalue weighted by Gasteiger charge is -2.16. The zero-order valence-corrected chi connectivity index (χ0v) is 22.3. The molecule has 0 spiro atoms. The number of rotatable bonds is 9. The van der Waals surface area contributed by atoms with Crippen molar-refractivity contribution in [3.8, 4) is 11.1 Å². The molecule has 206 valence electrons. The summed E-state index contributed by atoms with van der Waals surface area (Å²) in [6.45, 7) is 3.63. The van der Waals surface area contributed by atoms with Crippen LogP contribution in [0.15, 0.2) is 76.5 Å². The van der Waals surface area contributed by atoms with Crippen LogP contribution in [-0.2, 0) is 19.4 Å². The highest BCUT2D eigenvalue weighted by Crippen LogP contribution is 2.25. The van der Waals surface area contributed by atoms with Crippen molar-refractivity contribution in [2.45, 2.75) is 46.1 Å². The predicted molar refractivity (Wildman–Crippen MR) is 151 cm³/mol. The SMILES string of the molecule is CCCCc1nc(C)n(Cc2cc(F)ccc2F)c(=O)c1Cc1ccc(-c2ccccc2/C(N)=N/C(=O)O)cc1. The first-order chi connectivity index (χ1) is 19.2. The number of amides is 1. The van der Waals surface area contributed by atoms with Crippen LogP contribution in [-0.4, -0.2) is 26.6 Å². The van der Waals surface area contributed by atoms with E-state index in [-0.39, 0.29) is 23.5 Å². The first-order valence-electron chi connectivity index (χ1n) is 13.0. The van der Waals surface area contributed by atoms with E-state index in [2.05, 4.69) is 11.9 Å². The summed E-state index contributed by atoms with van der Waals surface area (Å²) < 4.78 is 29.6. The molecular weight excluding hydrogens is 514 g/mol. The molecule has 9 heteroatoms. The number of benzene rings is 3. The van der Waals surface area contributed by atoms with Crippen molar-refractivity contribution < 1.29 is 18.7 Å². The van der Waals surface area contributed by atoms with Crippen LogP contribution in [0.4, 0.5) is 13.6 Å². The van der Waals surface area contributed by atoms with Crippen molar-refractivity contribution in [1.82, 2.24) is 9.55 Å². The first kappa shape index (κ1) is 28.4. The Kier molecular flexibility index (Phi) is 8.83. The van der Waals surface area contributed by atoms with Crippen LogP contribution in [0.25, 0.3) is 11.1 Å². The van der Waals surface area contributed by atoms with Gasteiger partial charge in [-0.1, -0.05) is 61.9 Å². The molecule has 4 rings (SSSR count). The second-order valence-corrected chi connectivity index (χ2v) is 9.51. The summed E-state index contributed by atoms with van der Waals surface area (Å²) in [6, 6.07) is 17.8. The van der Waals surface area contributed by atoms with Crippen LogP contribution in [0.5, 0.6) is 0 Å². The summed E-state index contributed by atoms with van der Waals surface area (Å²) in [5.41, 5.74) is 9.80. The third-order valence-electron chi connectivity index (χ3n) is 6.71. The fourth-order valence-electron chi connectivity index (χ4n) is 4.63. The molecule has 0 aliphatic heterocycles. The van der Waals surface area contributed by atoms with Crippen molar-refractivity contribution in [2.24, 2.45) is 10.7 Å². The molecule has 0 atom stereocenters. The van der Waals surface area contributed by atoms with Crippen molar-refractivity contribution in [1.29, 1.82) is 0 Å². The van der Waals surface area contributed by atoms with E-state index in [1.807, 2.05) is 36.4 Å². The van der Waals surface area contributed by atoms with Crippen molar-refractivity contribution in [3.63, 3.8) is 0 Å². The Balaban J connectivity index is 1.70. The Morgan fingerprint density at radius 3 is 2.50 bits per heavy atom. The van der Waals surface area contributed by atoms with E-state index >= 15 is 0 Å². The molecule has 0 fully saturated rings. The molecule has 3 aromatic carbocycles. The molecule has 1 amide bonds. The monoisotopic (exact) mass is 544 g/mol. The highest BCUT2D eigenvalue weighted by Gasteiger charge is 2.17. The zero-order chi connectivity index (χ0) is 28.8. The quantitative estimate of drug-likeness (QED) is 0.203. The molecule has 0 saturated heterocycles. The van der Waals surface area contributed by atoms with Gasteiger partial charge in [0.15, 0.2) is 0 Å². The number of aliphatic imine (C=N–C) groups is 1. The van der Waals surface area contributed by atoms with E-state index in [1.54, 1.807) is 19.1 Å². The van der Waals surface area contributed by atoms with Gasteiger partial charge in [0.25, 0.3) is 5.56 Å². The molecule has 0 unspecified atom stereocenters. The fourth-order valence-corrected chi connectivity index (χ4v) is 4.63. The molecule has 0 radical (unpaired) electrons. The van der Waals surface area contributed by atoms with E-state index in [1.165, 1.54) is 4.57 Å². The number of amidine groups is 1. The van der Waals surface area contributed by atoms with E-state index < -0.39 is 17.7 Å². The highest BCUT2D eigenvalue weighted by atomic mass is 19.1. The van der Waals surface area contributed by atoms with Gasteiger partial charge in [0.2, 0.25) is 0 Å². The number of carbonyl (C=O) groups is 1. The van der Waals surface area contributed by atoms with Gasteiger partial charge in [0.05, 0.1) is 12.2 Å². The van der Waals surface area contributed by atoms with Crippen LogP contribution in [0, 0.1) is 18.6 Å². The summed E-state index contributed by atoms with van der Waals surface area (Å²) in [5, 5.41) is 8.99. The topological polar surface area (TPSA) is 111 Å². The van der Waals surface area contributed by atoms with Crippen molar-refractivity contribution in [2.75, 3.05) is 0 Å². The number of hydrogen-bond acceptors (Lipinski definition) is 3. The summed E-state index contributed by atoms with van der Waals surface area (Å²) in [5.74, 6) is -0.827. The lowest BCUT2D eigenvalue weighted by atomic mass is 9.96. The van der Waals surface area contributed by atoms with Gasteiger partial charge in [-0.2, -0.15) is 4.99 Å². The van der Waals surface area contributed by atoms with Gasteiger partial charge in [-0.25, -0.2) is 18.6 Å². The summed E-state index contributed by atoms with van der Waals surface area (Å²) in [7, 11) is 0. The number of aryl methyl sites for hydroxylation is 2. The molecule has 3 N–H and O–H groups in total. The van der Waals surface area contributed by atoms with Crippen LogP contribution in [0.3, 0.4) is 0 Å². The average Bonchev–Trinajstić information content (AvgIpc) is 2.93. The number of aromatic nitrogens is 2. The minimum atomic E-state index is -1.38. The smallest absolute Gasteiger partial charge is 0.433 e. The van der Waals surface area contributed by atoms with Gasteiger partial charge in [0, 0.05) is 23.1 Å². The molecule has 0 aliphatic carbocycles. The second-order valence-electron chi connectivity index (χ2n) is 9.51. The fraction of sp³-hybridized carbons (Fsp3) is 0.226. The van der Waals surface area contributed by atoms with Gasteiger partial charge >= 0.3 is 6.09 Å². The van der Waals surface area contributed by atoms with Gasteiger partial charge < -0.3 is 10.8 Å². The maximum absolute atomic E-state index is 14.4. The van der Waals surface area contributed by atoms with E-state index in [0.29, 0.717) is 35.5 Å². The van der Waals surface area contributed by atoms with E-state index in [9.17, 15) is 18.4 Å². The molecule has 0 saturated carbocycles. The standard InChI is InChI=1S/C31H30F2N4O3/c1-3-4-9-28-26(30(38)37(19(2)35-28)18-22-17-23(32)14-15-27(22)33)16-20-10-12-21(13-11-20)24-7-5-6-8-25(24)29(34)36-31(39)40/h5-8,10-15,17H,3-4,9,16,18H2,1-2H3,(H2,34,36)(H,39,40). The Hall–Kier alpha value is -4.66. The Labute approximate surface area is 230 Å². The third-order valence-corrected chi connectivity index (χ3v) is 6.71. The van der Waals surface area contributed by atoms with Crippen molar-refractivity contribution in [3.05, 3.63) is 122 Å². The number of halogens is 2. The average molecular weight is 545 g/mol. The lowest BCUT2D eigenvalue weighted by molar-refractivity contribution is 0.205. The summed E-state index contributed by atoms with van der Waals surface area (Å²) >= 11 is 0. The Bertz CT molecular complexity index is 1630. The van der Waals surface area contributed by atoms with Gasteiger partial charge in [-0.05, 0) is 54.7 Å². The van der Waals surface area contributed by atoms with Crippen LogP contribution < -0.4 is 11.3 Å². The number of unbranched alkanes of at least 4 members (excludes halogenated alkanes) is 1. The number of nitrogens with zero attached hydrogens (tertiary/aromatic N) is 3. The normalized spacial score (nSPS) is 11.6. The van der Waals surface area contributed by atoms with Crippen LogP contribution in [0.1, 0.15) is 53.5 Å². The van der Waals surface area contributed by atoms with Crippen molar-refractivity contribution >= 4 is 11.9 Å². The summed E-state index contributed by atoms with van der Waals surface area (Å²) in [6.07, 6.45) is 1.35. The van der Waals surface area contributed by atoms with E-state index in [4.69, 9.17) is 15.8 Å². The third kappa shape index (κ3) is 6.48. The largest absolute Gasteiger partial charge is 0.463 e. The highest BCUT2D eigenvalue weighted by molar-refractivity contribution is 6.07. The molecular formula is C31H30F2N4O3. The summed E-state index contributed by atoms with van der Waals surface area (Å²) in [4.78, 5) is 32.9. The molecule has 0 bridgehead atoms. The second kappa shape index (κ2) is 12.5. The number of nitrogens with two attached hydrogens (primary N) is 1. The molecule has 1 heterocycles. The minimum absolute atomic E-state index is 0.0768. The molecule has 40 heavy (non-hydrogen) atoms. The lowest BCUT2D eigenvalue weighted by Crippen LogP contribution is -2.30. The van der Waals surface area contributed by atoms with Gasteiger partial charge in [-0.3, -0.25) is 9.36 Å². The first-order valence-corrected chi connectivity index (χ1v) is 13.0. The molecule has 4 aromatic rings. The maximum Gasteiger partial charge on any atom is 0.433 e. The predicted octanol–water partition coefficient (Wildman–Crippen LogP) is 5.86. The number of carboxylic acid groups (broad SMARTS) is 1.